The molecule has 0 radical (unpaired) electrons. The summed E-state index contributed by atoms with van der Waals surface area (Å²) in [5.74, 6) is -3.05. The average Bonchev–Trinajstić information content (AvgIpc) is 3.50. The smallest absolute Gasteiger partial charge is 0.360 e. The van der Waals surface area contributed by atoms with E-state index in [1.54, 1.807) is 43.8 Å². The number of hydrogen-bond acceptors (Lipinski definition) is 11. The van der Waals surface area contributed by atoms with Crippen molar-refractivity contribution in [2.45, 2.75) is 125 Å². The number of nitrogens with zero attached hydrogens (tertiary/aromatic N) is 3. The summed E-state index contributed by atoms with van der Waals surface area (Å²) in [5.41, 5.74) is 1.22. The summed E-state index contributed by atoms with van der Waals surface area (Å²) in [5, 5.41) is 8.07. The normalized spacial score (nSPS) is 30.6. The molecule has 7 atom stereocenters. The topological polar surface area (TPSA) is 112 Å². The Balaban J connectivity index is 1.81. The lowest BCUT2D eigenvalue weighted by molar-refractivity contribution is -0.464. The molecule has 0 unspecified atom stereocenters. The number of fused-ring (bicyclic) bond motifs is 1. The lowest BCUT2D eigenvalue weighted by Crippen LogP contribution is -2.72. The average molecular weight is 666 g/mol. The zero-order valence-electron chi connectivity index (χ0n) is 28.5. The van der Waals surface area contributed by atoms with Crippen LogP contribution in [0.5, 0.6) is 0 Å². The Kier molecular flexibility index (Phi) is 11.6. The molecule has 0 saturated carbocycles. The van der Waals surface area contributed by atoms with Gasteiger partial charge in [-0.25, -0.2) is 9.48 Å². The number of methoxy groups -OCH3 is 2. The summed E-state index contributed by atoms with van der Waals surface area (Å²) in [6.45, 7) is 19.4. The Morgan fingerprint density at radius 3 is 2.09 bits per heavy atom. The van der Waals surface area contributed by atoms with Gasteiger partial charge in [-0.1, -0.05) is 65.0 Å². The molecule has 2 saturated heterocycles. The largest absolute Gasteiger partial charge is 0.461 e. The second-order valence-corrected chi connectivity index (χ2v) is 19.6. The lowest BCUT2D eigenvalue weighted by Gasteiger charge is -2.57. The van der Waals surface area contributed by atoms with E-state index < -0.39 is 55.7 Å². The molecule has 2 aromatic rings. The number of aromatic nitrogens is 3. The highest BCUT2D eigenvalue weighted by Gasteiger charge is 2.63. The highest BCUT2D eigenvalue weighted by atomic mass is 32.2. The van der Waals surface area contributed by atoms with E-state index in [0.717, 1.165) is 4.90 Å². The summed E-state index contributed by atoms with van der Waals surface area (Å²) < 4.78 is 46.4. The van der Waals surface area contributed by atoms with E-state index in [-0.39, 0.29) is 18.9 Å². The Bertz CT molecular complexity index is 1240. The van der Waals surface area contributed by atoms with Crippen LogP contribution in [-0.4, -0.2) is 91.8 Å². The van der Waals surface area contributed by atoms with Crippen LogP contribution in [0.3, 0.4) is 0 Å². The SMILES string of the molecule is CCOC(=O)c1cn([C@@H]2O[C@H](CO[Si](C(C)C)(C(C)C)C(C)C)[C@H]3O[C@](C)(OC)[C@@](C)(OC)O[C@@H]3[C@H]2Sc2ccccc2)nn1. The predicted molar refractivity (Wildman–Crippen MR) is 174 cm³/mol. The number of rotatable bonds is 13. The van der Waals surface area contributed by atoms with Crippen molar-refractivity contribution in [3.8, 4) is 0 Å². The Labute approximate surface area is 273 Å². The van der Waals surface area contributed by atoms with Crippen LogP contribution in [-0.2, 0) is 32.8 Å². The molecular formula is C32H51N3O8SSi. The van der Waals surface area contributed by atoms with Gasteiger partial charge in [0.25, 0.3) is 0 Å². The van der Waals surface area contributed by atoms with Crippen LogP contribution in [0.2, 0.25) is 16.6 Å². The highest BCUT2D eigenvalue weighted by molar-refractivity contribution is 8.00. The molecule has 11 nitrogen and oxygen atoms in total. The van der Waals surface area contributed by atoms with Crippen molar-refractivity contribution in [3.05, 3.63) is 42.2 Å². The zero-order valence-corrected chi connectivity index (χ0v) is 30.3. The van der Waals surface area contributed by atoms with Gasteiger partial charge in [0.1, 0.15) is 18.3 Å². The maximum atomic E-state index is 12.6. The summed E-state index contributed by atoms with van der Waals surface area (Å²) in [4.78, 5) is 13.6. The molecule has 45 heavy (non-hydrogen) atoms. The number of esters is 1. The first-order valence-electron chi connectivity index (χ1n) is 15.8. The molecule has 0 amide bonds. The van der Waals surface area contributed by atoms with Crippen molar-refractivity contribution in [2.24, 2.45) is 0 Å². The number of carbonyl (C=O) groups excluding carboxylic acids is 1. The molecule has 1 aromatic carbocycles. The van der Waals surface area contributed by atoms with E-state index in [2.05, 4.69) is 51.9 Å². The van der Waals surface area contributed by atoms with Gasteiger partial charge >= 0.3 is 5.97 Å². The number of hydrogen-bond donors (Lipinski definition) is 0. The van der Waals surface area contributed by atoms with E-state index in [1.165, 1.54) is 0 Å². The van der Waals surface area contributed by atoms with E-state index in [1.807, 2.05) is 44.2 Å². The van der Waals surface area contributed by atoms with E-state index in [0.29, 0.717) is 16.6 Å². The lowest BCUT2D eigenvalue weighted by atomic mass is 9.95. The summed E-state index contributed by atoms with van der Waals surface area (Å²) >= 11 is 1.58. The number of ether oxygens (including phenoxy) is 6. The third-order valence-electron chi connectivity index (χ3n) is 9.41. The van der Waals surface area contributed by atoms with Crippen LogP contribution in [0, 0.1) is 0 Å². The number of thioether (sulfide) groups is 1. The number of carbonyl (C=O) groups is 1. The molecule has 0 spiro atoms. The van der Waals surface area contributed by atoms with Crippen molar-refractivity contribution in [1.29, 1.82) is 0 Å². The van der Waals surface area contributed by atoms with Crippen molar-refractivity contribution < 1.29 is 37.6 Å². The molecule has 1 aromatic heterocycles. The first kappa shape index (κ1) is 36.0. The van der Waals surface area contributed by atoms with Crippen LogP contribution >= 0.6 is 11.8 Å². The van der Waals surface area contributed by atoms with E-state index in [4.69, 9.17) is 32.8 Å². The van der Waals surface area contributed by atoms with Crippen LogP contribution in [0.4, 0.5) is 0 Å². The van der Waals surface area contributed by atoms with Gasteiger partial charge in [-0.3, -0.25) is 0 Å². The molecule has 2 aliphatic heterocycles. The molecule has 3 heterocycles. The highest BCUT2D eigenvalue weighted by Crippen LogP contribution is 2.50. The molecule has 0 N–H and O–H groups in total. The Morgan fingerprint density at radius 2 is 1.56 bits per heavy atom. The summed E-state index contributed by atoms with van der Waals surface area (Å²) in [7, 11) is 0.877. The maximum Gasteiger partial charge on any atom is 0.360 e. The molecule has 0 bridgehead atoms. The van der Waals surface area contributed by atoms with Crippen LogP contribution < -0.4 is 0 Å². The zero-order chi connectivity index (χ0) is 33.2. The van der Waals surface area contributed by atoms with Gasteiger partial charge in [0.15, 0.2) is 20.2 Å². The minimum absolute atomic E-state index is 0.0965. The fraction of sp³-hybridized carbons (Fsp3) is 0.719. The van der Waals surface area contributed by atoms with Gasteiger partial charge in [0.05, 0.1) is 24.7 Å². The molecule has 0 aliphatic carbocycles. The Hall–Kier alpha value is -1.84. The van der Waals surface area contributed by atoms with Crippen LogP contribution in [0.15, 0.2) is 41.4 Å². The van der Waals surface area contributed by atoms with Crippen molar-refractivity contribution >= 4 is 26.0 Å². The molecule has 252 valence electrons. The minimum Gasteiger partial charge on any atom is -0.461 e. The molecular weight excluding hydrogens is 615 g/mol. The fourth-order valence-electron chi connectivity index (χ4n) is 6.93. The second kappa shape index (κ2) is 14.5. The van der Waals surface area contributed by atoms with Crippen LogP contribution in [0.25, 0.3) is 0 Å². The van der Waals surface area contributed by atoms with Crippen molar-refractivity contribution in [2.75, 3.05) is 27.4 Å². The Morgan fingerprint density at radius 1 is 0.978 bits per heavy atom. The summed E-state index contributed by atoms with van der Waals surface area (Å²) in [6.07, 6.45) is -0.846. The third kappa shape index (κ3) is 6.91. The third-order valence-corrected chi connectivity index (χ3v) is 16.8. The first-order chi connectivity index (χ1) is 21.3. The fourth-order valence-corrected chi connectivity index (χ4v) is 13.7. The van der Waals surface area contributed by atoms with Gasteiger partial charge in [-0.15, -0.1) is 16.9 Å². The molecule has 2 aliphatic rings. The van der Waals surface area contributed by atoms with Gasteiger partial charge in [0, 0.05) is 19.1 Å². The standard InChI is InChI=1S/C32H51N3O8SSi/c1-12-39-30(36)24-18-35(34-33-24)29-28(44-23-16-14-13-15-17-23)27-26(42-31(8,37-10)32(9,38-11)43-27)25(41-29)19-40-45(20(2)3,21(4)5)22(6)7/h13-18,20-22,25-29H,12,19H2,1-11H3/t25-,26-,27+,28-,29-,31+,32+/m1/s1. The predicted octanol–water partition coefficient (Wildman–Crippen LogP) is 6.21. The monoisotopic (exact) mass is 665 g/mol. The molecule has 2 fully saturated rings. The van der Waals surface area contributed by atoms with E-state index >= 15 is 0 Å². The van der Waals surface area contributed by atoms with Gasteiger partial charge in [-0.2, -0.15) is 0 Å². The quantitative estimate of drug-likeness (QED) is 0.180. The van der Waals surface area contributed by atoms with Gasteiger partial charge in [-0.05, 0) is 49.5 Å². The van der Waals surface area contributed by atoms with Crippen molar-refractivity contribution in [1.82, 2.24) is 15.0 Å². The van der Waals surface area contributed by atoms with Crippen molar-refractivity contribution in [3.63, 3.8) is 0 Å². The van der Waals surface area contributed by atoms with Crippen LogP contribution in [0.1, 0.15) is 79.0 Å². The van der Waals surface area contributed by atoms with Gasteiger partial charge < -0.3 is 32.8 Å². The minimum atomic E-state index is -2.28. The maximum absolute atomic E-state index is 12.6. The second-order valence-electron chi connectivity index (χ2n) is 12.9. The summed E-state index contributed by atoms with van der Waals surface area (Å²) in [6, 6.07) is 10.00. The number of benzene rings is 1. The van der Waals surface area contributed by atoms with E-state index in [9.17, 15) is 4.79 Å². The molecule has 13 heteroatoms. The van der Waals surface area contributed by atoms with Gasteiger partial charge in [0.2, 0.25) is 11.6 Å². The molecule has 4 rings (SSSR count). The first-order valence-corrected chi connectivity index (χ1v) is 18.8.